The van der Waals surface area contributed by atoms with Crippen molar-refractivity contribution in [2.24, 2.45) is 0 Å². The van der Waals surface area contributed by atoms with Crippen molar-refractivity contribution in [3.63, 3.8) is 0 Å². The first-order chi connectivity index (χ1) is 8.58. The maximum absolute atomic E-state index is 13.6. The molecule has 0 amide bonds. The van der Waals surface area contributed by atoms with Crippen LogP contribution in [-0.2, 0) is 4.74 Å². The van der Waals surface area contributed by atoms with Crippen molar-refractivity contribution in [3.05, 3.63) is 17.9 Å². The molecular formula is C12H16FN3O2. The third-order valence-electron chi connectivity index (χ3n) is 2.84. The van der Waals surface area contributed by atoms with Crippen LogP contribution in [0.5, 0.6) is 5.75 Å². The van der Waals surface area contributed by atoms with Gasteiger partial charge >= 0.3 is 0 Å². The van der Waals surface area contributed by atoms with Crippen LogP contribution >= 0.6 is 0 Å². The van der Waals surface area contributed by atoms with E-state index in [1.54, 1.807) is 17.7 Å². The lowest BCUT2D eigenvalue weighted by atomic mass is 10.2. The number of nitrogens with zero attached hydrogens (tertiary/aromatic N) is 2. The minimum atomic E-state index is -0.450. The summed E-state index contributed by atoms with van der Waals surface area (Å²) < 4.78 is 25.4. The first-order valence-corrected chi connectivity index (χ1v) is 5.58. The van der Waals surface area contributed by atoms with Crippen LogP contribution < -0.4 is 10.5 Å². The van der Waals surface area contributed by atoms with Crippen molar-refractivity contribution >= 4 is 17.0 Å². The van der Waals surface area contributed by atoms with Crippen LogP contribution in [0.25, 0.3) is 11.0 Å². The Morgan fingerprint density at radius 2 is 2.17 bits per heavy atom. The highest BCUT2D eigenvalue weighted by Crippen LogP contribution is 2.28. The number of halogens is 1. The van der Waals surface area contributed by atoms with Gasteiger partial charge < -0.3 is 19.8 Å². The summed E-state index contributed by atoms with van der Waals surface area (Å²) in [4.78, 5) is 4.14. The molecule has 0 fully saturated rings. The standard InChI is InChI=1S/C12H16FN3O2/c1-7(6-17-2)16-10-5-11(18-3)8(13)4-9(10)15-12(16)14/h4-5,7H,6H2,1-3H3,(H2,14,15). The van der Waals surface area contributed by atoms with E-state index < -0.39 is 5.82 Å². The van der Waals surface area contributed by atoms with E-state index in [0.717, 1.165) is 5.52 Å². The normalized spacial score (nSPS) is 12.9. The zero-order valence-corrected chi connectivity index (χ0v) is 10.6. The summed E-state index contributed by atoms with van der Waals surface area (Å²) >= 11 is 0. The van der Waals surface area contributed by atoms with Crippen molar-refractivity contribution in [3.8, 4) is 5.75 Å². The Labute approximate surface area is 104 Å². The van der Waals surface area contributed by atoms with Gasteiger partial charge in [0, 0.05) is 19.2 Å². The van der Waals surface area contributed by atoms with E-state index in [-0.39, 0.29) is 11.8 Å². The van der Waals surface area contributed by atoms with Gasteiger partial charge in [0.25, 0.3) is 0 Å². The van der Waals surface area contributed by atoms with E-state index in [2.05, 4.69) is 4.98 Å². The summed E-state index contributed by atoms with van der Waals surface area (Å²) in [6.07, 6.45) is 0. The molecule has 1 heterocycles. The van der Waals surface area contributed by atoms with Crippen LogP contribution in [0, 0.1) is 5.82 Å². The molecule has 5 nitrogen and oxygen atoms in total. The molecule has 0 saturated heterocycles. The van der Waals surface area contributed by atoms with Crippen LogP contribution in [0.2, 0.25) is 0 Å². The van der Waals surface area contributed by atoms with Gasteiger partial charge in [-0.3, -0.25) is 0 Å². The van der Waals surface area contributed by atoms with E-state index in [1.165, 1.54) is 13.2 Å². The fourth-order valence-electron chi connectivity index (χ4n) is 2.05. The molecule has 0 aliphatic carbocycles. The zero-order chi connectivity index (χ0) is 13.3. The number of hydrogen-bond acceptors (Lipinski definition) is 4. The van der Waals surface area contributed by atoms with Crippen molar-refractivity contribution in [2.75, 3.05) is 26.6 Å². The molecule has 98 valence electrons. The fourth-order valence-corrected chi connectivity index (χ4v) is 2.05. The number of rotatable bonds is 4. The van der Waals surface area contributed by atoms with E-state index >= 15 is 0 Å². The predicted octanol–water partition coefficient (Wildman–Crippen LogP) is 1.97. The van der Waals surface area contributed by atoms with Crippen LogP contribution in [0.3, 0.4) is 0 Å². The molecule has 0 aliphatic heterocycles. The second-order valence-electron chi connectivity index (χ2n) is 4.12. The van der Waals surface area contributed by atoms with Crippen molar-refractivity contribution in [1.82, 2.24) is 9.55 Å². The molecule has 0 saturated carbocycles. The van der Waals surface area contributed by atoms with Gasteiger partial charge in [0.2, 0.25) is 5.95 Å². The molecule has 2 N–H and O–H groups in total. The van der Waals surface area contributed by atoms with Crippen molar-refractivity contribution < 1.29 is 13.9 Å². The third kappa shape index (κ3) is 1.99. The van der Waals surface area contributed by atoms with Crippen LogP contribution in [0.15, 0.2) is 12.1 Å². The maximum Gasteiger partial charge on any atom is 0.201 e. The van der Waals surface area contributed by atoms with Crippen molar-refractivity contribution in [1.29, 1.82) is 0 Å². The first kappa shape index (κ1) is 12.6. The van der Waals surface area contributed by atoms with Crippen LogP contribution in [0.4, 0.5) is 10.3 Å². The topological polar surface area (TPSA) is 62.3 Å². The molecule has 0 aliphatic rings. The highest BCUT2D eigenvalue weighted by molar-refractivity contribution is 5.80. The Balaban J connectivity index is 2.61. The second-order valence-corrected chi connectivity index (χ2v) is 4.12. The lowest BCUT2D eigenvalue weighted by molar-refractivity contribution is 0.164. The summed E-state index contributed by atoms with van der Waals surface area (Å²) in [7, 11) is 3.04. The number of aromatic nitrogens is 2. The number of nitrogens with two attached hydrogens (primary N) is 1. The minimum Gasteiger partial charge on any atom is -0.494 e. The smallest absolute Gasteiger partial charge is 0.201 e. The molecule has 0 spiro atoms. The highest BCUT2D eigenvalue weighted by atomic mass is 19.1. The molecule has 2 rings (SSSR count). The Kier molecular flexibility index (Phi) is 3.38. The fraction of sp³-hybridized carbons (Fsp3) is 0.417. The molecule has 1 aromatic carbocycles. The number of nitrogen functional groups attached to an aromatic ring is 1. The summed E-state index contributed by atoms with van der Waals surface area (Å²) in [5.41, 5.74) is 7.10. The minimum absolute atomic E-state index is 0.00941. The number of anilines is 1. The third-order valence-corrected chi connectivity index (χ3v) is 2.84. The number of ether oxygens (including phenoxy) is 2. The van der Waals surface area contributed by atoms with E-state index in [1.807, 2.05) is 6.92 Å². The lowest BCUT2D eigenvalue weighted by Gasteiger charge is -2.15. The Hall–Kier alpha value is -1.82. The highest BCUT2D eigenvalue weighted by Gasteiger charge is 2.16. The van der Waals surface area contributed by atoms with Gasteiger partial charge in [0.05, 0.1) is 30.8 Å². The first-order valence-electron chi connectivity index (χ1n) is 5.58. The largest absolute Gasteiger partial charge is 0.494 e. The molecule has 1 unspecified atom stereocenters. The Bertz CT molecular complexity index is 568. The van der Waals surface area contributed by atoms with Crippen molar-refractivity contribution in [2.45, 2.75) is 13.0 Å². The van der Waals surface area contributed by atoms with Crippen LogP contribution in [0.1, 0.15) is 13.0 Å². The summed E-state index contributed by atoms with van der Waals surface area (Å²) in [6, 6.07) is 2.93. The SMILES string of the molecule is COCC(C)n1c(N)nc2cc(F)c(OC)cc21. The number of benzene rings is 1. The number of fused-ring (bicyclic) bond motifs is 1. The van der Waals surface area contributed by atoms with Gasteiger partial charge in [-0.05, 0) is 6.92 Å². The second kappa shape index (κ2) is 4.81. The molecule has 18 heavy (non-hydrogen) atoms. The van der Waals surface area contributed by atoms with Gasteiger partial charge in [-0.2, -0.15) is 0 Å². The Morgan fingerprint density at radius 3 is 2.78 bits per heavy atom. The molecular weight excluding hydrogens is 237 g/mol. The molecule has 0 radical (unpaired) electrons. The van der Waals surface area contributed by atoms with Gasteiger partial charge in [-0.15, -0.1) is 0 Å². The molecule has 1 atom stereocenters. The zero-order valence-electron chi connectivity index (χ0n) is 10.6. The van der Waals surface area contributed by atoms with Gasteiger partial charge in [0.1, 0.15) is 0 Å². The lowest BCUT2D eigenvalue weighted by Crippen LogP contribution is -2.13. The van der Waals surface area contributed by atoms with E-state index in [0.29, 0.717) is 18.1 Å². The molecule has 6 heteroatoms. The average molecular weight is 253 g/mol. The average Bonchev–Trinajstić information content (AvgIpc) is 2.63. The quantitative estimate of drug-likeness (QED) is 0.905. The number of imidazole rings is 1. The van der Waals surface area contributed by atoms with Gasteiger partial charge in [-0.25, -0.2) is 9.37 Å². The van der Waals surface area contributed by atoms with Crippen LogP contribution in [-0.4, -0.2) is 30.4 Å². The van der Waals surface area contributed by atoms with Gasteiger partial charge in [-0.1, -0.05) is 0 Å². The summed E-state index contributed by atoms with van der Waals surface area (Å²) in [5, 5.41) is 0. The maximum atomic E-state index is 13.6. The summed E-state index contributed by atoms with van der Waals surface area (Å²) in [6.45, 7) is 2.45. The number of hydrogen-bond donors (Lipinski definition) is 1. The van der Waals surface area contributed by atoms with E-state index in [9.17, 15) is 4.39 Å². The molecule has 0 bridgehead atoms. The predicted molar refractivity (Wildman–Crippen MR) is 67.2 cm³/mol. The van der Waals surface area contributed by atoms with Gasteiger partial charge in [0.15, 0.2) is 11.6 Å². The monoisotopic (exact) mass is 253 g/mol. The Morgan fingerprint density at radius 1 is 1.44 bits per heavy atom. The number of methoxy groups -OCH3 is 2. The van der Waals surface area contributed by atoms with E-state index in [4.69, 9.17) is 15.2 Å². The molecule has 1 aromatic heterocycles. The molecule has 2 aromatic rings. The summed E-state index contributed by atoms with van der Waals surface area (Å²) in [5.74, 6) is 0.0597.